The van der Waals surface area contributed by atoms with Gasteiger partial charge in [-0.15, -0.1) is 0 Å². The van der Waals surface area contributed by atoms with Crippen molar-refractivity contribution < 1.29 is 0 Å². The molecule has 4 aromatic rings. The third-order valence-corrected chi connectivity index (χ3v) is 7.15. The standard InChI is InChI=1S/C26H16Br4/c27-23-9-11-25(29)20(15-23)7-3-17-1-5-19-6-2-18(14-22(19)13-17)4-8-21-16-24(28)10-12-26(21)30/h1-16H/b7-3+,8-4+. The van der Waals surface area contributed by atoms with Crippen molar-refractivity contribution in [3.8, 4) is 0 Å². The summed E-state index contributed by atoms with van der Waals surface area (Å²) in [5, 5.41) is 2.46. The molecule has 0 saturated carbocycles. The Hall–Kier alpha value is -1.46. The van der Waals surface area contributed by atoms with Gasteiger partial charge in [-0.3, -0.25) is 0 Å². The highest BCUT2D eigenvalue weighted by Gasteiger charge is 2.00. The Morgan fingerprint density at radius 1 is 0.433 bits per heavy atom. The summed E-state index contributed by atoms with van der Waals surface area (Å²) in [6.07, 6.45) is 8.55. The summed E-state index contributed by atoms with van der Waals surface area (Å²) >= 11 is 14.3. The Balaban J connectivity index is 1.62. The van der Waals surface area contributed by atoms with Gasteiger partial charge in [0.05, 0.1) is 0 Å². The van der Waals surface area contributed by atoms with E-state index in [4.69, 9.17) is 0 Å². The summed E-state index contributed by atoms with van der Waals surface area (Å²) in [6.45, 7) is 0. The molecule has 0 spiro atoms. The molecule has 4 rings (SSSR count). The van der Waals surface area contributed by atoms with Crippen LogP contribution >= 0.6 is 63.7 Å². The summed E-state index contributed by atoms with van der Waals surface area (Å²) in [5.74, 6) is 0. The van der Waals surface area contributed by atoms with Gasteiger partial charge in [-0.1, -0.05) is 112 Å². The van der Waals surface area contributed by atoms with Crippen LogP contribution < -0.4 is 0 Å². The van der Waals surface area contributed by atoms with E-state index in [0.29, 0.717) is 0 Å². The van der Waals surface area contributed by atoms with Gasteiger partial charge in [0.15, 0.2) is 0 Å². The number of rotatable bonds is 4. The van der Waals surface area contributed by atoms with Gasteiger partial charge in [0.25, 0.3) is 0 Å². The minimum Gasteiger partial charge on any atom is -0.0543 e. The van der Waals surface area contributed by atoms with Crippen LogP contribution in [0.5, 0.6) is 0 Å². The van der Waals surface area contributed by atoms with Crippen LogP contribution in [0.4, 0.5) is 0 Å². The second-order valence-electron chi connectivity index (χ2n) is 6.86. The fourth-order valence-electron chi connectivity index (χ4n) is 3.15. The van der Waals surface area contributed by atoms with Crippen molar-refractivity contribution in [3.05, 3.63) is 113 Å². The Morgan fingerprint density at radius 2 is 0.900 bits per heavy atom. The van der Waals surface area contributed by atoms with Crippen molar-refractivity contribution in [2.75, 3.05) is 0 Å². The van der Waals surface area contributed by atoms with E-state index >= 15 is 0 Å². The van der Waals surface area contributed by atoms with Crippen LogP contribution in [0.2, 0.25) is 0 Å². The largest absolute Gasteiger partial charge is 0.0543 e. The Labute approximate surface area is 210 Å². The summed E-state index contributed by atoms with van der Waals surface area (Å²) in [7, 11) is 0. The van der Waals surface area contributed by atoms with Crippen LogP contribution in [0.25, 0.3) is 35.1 Å². The normalized spacial score (nSPS) is 11.7. The number of hydrogen-bond donors (Lipinski definition) is 0. The van der Waals surface area contributed by atoms with Crippen molar-refractivity contribution >= 4 is 98.8 Å². The highest BCUT2D eigenvalue weighted by Crippen LogP contribution is 2.26. The topological polar surface area (TPSA) is 0 Å². The van der Waals surface area contributed by atoms with E-state index in [9.17, 15) is 0 Å². The van der Waals surface area contributed by atoms with Crippen molar-refractivity contribution in [3.63, 3.8) is 0 Å². The molecule has 0 aromatic heterocycles. The molecule has 30 heavy (non-hydrogen) atoms. The summed E-state index contributed by atoms with van der Waals surface area (Å²) in [4.78, 5) is 0. The smallest absolute Gasteiger partial charge is 0.0248 e. The minimum atomic E-state index is 1.07. The van der Waals surface area contributed by atoms with Gasteiger partial charge >= 0.3 is 0 Å². The van der Waals surface area contributed by atoms with Crippen molar-refractivity contribution in [2.24, 2.45) is 0 Å². The van der Waals surface area contributed by atoms with Crippen molar-refractivity contribution in [1.29, 1.82) is 0 Å². The SMILES string of the molecule is Brc1ccc(Br)c(/C=C/c2ccc3ccc(/C=C/c4cc(Br)ccc4Br)cc3c2)c1. The zero-order valence-corrected chi connectivity index (χ0v) is 22.1. The first-order valence-corrected chi connectivity index (χ1v) is 12.5. The molecule has 0 aliphatic rings. The van der Waals surface area contributed by atoms with Gasteiger partial charge in [0.1, 0.15) is 0 Å². The van der Waals surface area contributed by atoms with Crippen LogP contribution in [-0.4, -0.2) is 0 Å². The number of fused-ring (bicyclic) bond motifs is 1. The lowest BCUT2D eigenvalue weighted by atomic mass is 10.0. The van der Waals surface area contributed by atoms with Gasteiger partial charge in [0, 0.05) is 17.9 Å². The molecule has 0 amide bonds. The van der Waals surface area contributed by atoms with Gasteiger partial charge in [-0.2, -0.15) is 0 Å². The molecule has 0 aliphatic carbocycles. The van der Waals surface area contributed by atoms with Crippen molar-refractivity contribution in [1.82, 2.24) is 0 Å². The molecule has 0 atom stereocenters. The highest BCUT2D eigenvalue weighted by atomic mass is 79.9. The molecule has 0 heterocycles. The molecule has 0 radical (unpaired) electrons. The Kier molecular flexibility index (Phi) is 7.09. The third kappa shape index (κ3) is 5.42. The van der Waals surface area contributed by atoms with Crippen molar-refractivity contribution in [2.45, 2.75) is 0 Å². The van der Waals surface area contributed by atoms with Gasteiger partial charge in [-0.25, -0.2) is 0 Å². The zero-order valence-electron chi connectivity index (χ0n) is 15.7. The van der Waals surface area contributed by atoms with Crippen LogP contribution in [-0.2, 0) is 0 Å². The number of halogens is 4. The van der Waals surface area contributed by atoms with E-state index < -0.39 is 0 Å². The van der Waals surface area contributed by atoms with Gasteiger partial charge < -0.3 is 0 Å². The average Bonchev–Trinajstić information content (AvgIpc) is 2.74. The molecule has 0 bridgehead atoms. The maximum absolute atomic E-state index is 3.61. The Bertz CT molecular complexity index is 1190. The quantitative estimate of drug-likeness (QED) is 0.193. The maximum atomic E-state index is 3.61. The number of hydrogen-bond acceptors (Lipinski definition) is 0. The Morgan fingerprint density at radius 3 is 1.37 bits per heavy atom. The molecule has 0 nitrogen and oxygen atoms in total. The molecule has 4 aromatic carbocycles. The van der Waals surface area contributed by atoms with E-state index in [2.05, 4.69) is 137 Å². The van der Waals surface area contributed by atoms with E-state index in [1.54, 1.807) is 0 Å². The number of benzene rings is 4. The highest BCUT2D eigenvalue weighted by molar-refractivity contribution is 9.11. The molecular weight excluding hydrogens is 632 g/mol. The second-order valence-corrected chi connectivity index (χ2v) is 10.4. The average molecular weight is 648 g/mol. The van der Waals surface area contributed by atoms with Crippen LogP contribution in [0.15, 0.2) is 90.7 Å². The fraction of sp³-hybridized carbons (Fsp3) is 0. The summed E-state index contributed by atoms with van der Waals surface area (Å²) < 4.78 is 4.29. The van der Waals surface area contributed by atoms with E-state index in [0.717, 1.165) is 29.0 Å². The molecule has 0 N–H and O–H groups in total. The molecule has 0 saturated heterocycles. The lowest BCUT2D eigenvalue weighted by Gasteiger charge is -2.04. The zero-order chi connectivity index (χ0) is 21.1. The van der Waals surface area contributed by atoms with Crippen LogP contribution in [0.3, 0.4) is 0 Å². The fourth-order valence-corrected chi connectivity index (χ4v) is 4.66. The van der Waals surface area contributed by atoms with E-state index in [1.165, 1.54) is 21.9 Å². The summed E-state index contributed by atoms with van der Waals surface area (Å²) in [5.41, 5.74) is 4.62. The van der Waals surface area contributed by atoms with Gasteiger partial charge in [-0.05, 0) is 81.6 Å². The molecule has 148 valence electrons. The molecule has 0 aliphatic heterocycles. The second kappa shape index (κ2) is 9.78. The molecular formula is C26H16Br4. The maximum Gasteiger partial charge on any atom is 0.0248 e. The molecule has 0 fully saturated rings. The van der Waals surface area contributed by atoms with Gasteiger partial charge in [0.2, 0.25) is 0 Å². The van der Waals surface area contributed by atoms with E-state index in [-0.39, 0.29) is 0 Å². The molecule has 0 unspecified atom stereocenters. The van der Waals surface area contributed by atoms with Crippen LogP contribution in [0.1, 0.15) is 22.3 Å². The van der Waals surface area contributed by atoms with E-state index in [1.807, 2.05) is 24.3 Å². The summed E-state index contributed by atoms with van der Waals surface area (Å²) in [6, 6.07) is 25.4. The minimum absolute atomic E-state index is 1.07. The first kappa shape index (κ1) is 21.8. The molecule has 4 heteroatoms. The predicted molar refractivity (Wildman–Crippen MR) is 145 cm³/mol. The predicted octanol–water partition coefficient (Wildman–Crippen LogP) is 10.2. The monoisotopic (exact) mass is 644 g/mol. The lowest BCUT2D eigenvalue weighted by Crippen LogP contribution is -1.80. The van der Waals surface area contributed by atoms with Crippen LogP contribution in [0, 0.1) is 0 Å². The first-order valence-electron chi connectivity index (χ1n) is 9.28. The lowest BCUT2D eigenvalue weighted by molar-refractivity contribution is 1.56. The third-order valence-electron chi connectivity index (χ3n) is 4.72. The first-order chi connectivity index (χ1) is 14.5.